The van der Waals surface area contributed by atoms with E-state index >= 15 is 0 Å². The summed E-state index contributed by atoms with van der Waals surface area (Å²) < 4.78 is 26.5. The number of hydrogen-bond donors (Lipinski definition) is 2. The molecule has 2 N–H and O–H groups in total. The third-order valence-electron chi connectivity index (χ3n) is 2.09. The van der Waals surface area contributed by atoms with Crippen LogP contribution in [0.1, 0.15) is 24.3 Å². The Morgan fingerprint density at radius 1 is 1.50 bits per heavy atom. The fraction of sp³-hybridized carbons (Fsp3) is 0.600. The largest absolute Gasteiger partial charge is 0.391 e. The summed E-state index contributed by atoms with van der Waals surface area (Å²) in [6.45, 7) is 6.00. The van der Waals surface area contributed by atoms with Crippen LogP contribution in [0.25, 0.3) is 0 Å². The molecule has 0 aromatic carbocycles. The normalized spacial score (nSPS) is 12.3. The van der Waals surface area contributed by atoms with Gasteiger partial charge in [0.15, 0.2) is 0 Å². The highest BCUT2D eigenvalue weighted by atomic mass is 32.2. The molecule has 0 unspecified atom stereocenters. The third-order valence-corrected chi connectivity index (χ3v) is 5.21. The van der Waals surface area contributed by atoms with Crippen molar-refractivity contribution >= 4 is 21.4 Å². The summed E-state index contributed by atoms with van der Waals surface area (Å²) in [6, 6.07) is 1.60. The second-order valence-corrected chi connectivity index (χ2v) is 7.21. The van der Waals surface area contributed by atoms with Crippen molar-refractivity contribution in [3.05, 3.63) is 16.5 Å². The van der Waals surface area contributed by atoms with Gasteiger partial charge in [0.2, 0.25) is 10.0 Å². The first-order chi connectivity index (χ1) is 7.36. The first-order valence-corrected chi connectivity index (χ1v) is 7.36. The lowest BCUT2D eigenvalue weighted by Gasteiger charge is -2.06. The molecule has 0 amide bonds. The molecule has 6 heteroatoms. The second kappa shape index (κ2) is 5.27. The zero-order valence-electron chi connectivity index (χ0n) is 9.65. The van der Waals surface area contributed by atoms with E-state index in [1.807, 2.05) is 13.8 Å². The zero-order chi connectivity index (χ0) is 12.3. The van der Waals surface area contributed by atoms with E-state index in [1.54, 1.807) is 13.0 Å². The van der Waals surface area contributed by atoms with Gasteiger partial charge in [-0.2, -0.15) is 0 Å². The molecule has 0 aliphatic rings. The van der Waals surface area contributed by atoms with Crippen LogP contribution >= 0.6 is 11.3 Å². The summed E-state index contributed by atoms with van der Waals surface area (Å²) >= 11 is 1.12. The van der Waals surface area contributed by atoms with E-state index in [4.69, 9.17) is 5.11 Å². The number of aliphatic hydroxyl groups excluding tert-OH is 1. The maximum absolute atomic E-state index is 11.8. The van der Waals surface area contributed by atoms with E-state index in [9.17, 15) is 8.42 Å². The summed E-state index contributed by atoms with van der Waals surface area (Å²) in [5, 5.41) is 9.01. The molecule has 92 valence electrons. The molecule has 1 aromatic heterocycles. The number of aliphatic hydroxyl groups is 1. The van der Waals surface area contributed by atoms with Crippen LogP contribution in [0.2, 0.25) is 0 Å². The first-order valence-electron chi connectivity index (χ1n) is 5.06. The Labute approximate surface area is 100 Å². The molecule has 0 bridgehead atoms. The average molecular weight is 263 g/mol. The number of hydrogen-bond acceptors (Lipinski definition) is 4. The minimum absolute atomic E-state index is 0.115. The minimum atomic E-state index is -3.41. The summed E-state index contributed by atoms with van der Waals surface area (Å²) in [5.74, 6) is 0.271. The van der Waals surface area contributed by atoms with Crippen molar-refractivity contribution < 1.29 is 13.5 Å². The van der Waals surface area contributed by atoms with Gasteiger partial charge in [-0.1, -0.05) is 13.8 Å². The van der Waals surface area contributed by atoms with Crippen molar-refractivity contribution in [2.75, 3.05) is 6.54 Å². The predicted molar refractivity (Wildman–Crippen MR) is 65.0 cm³/mol. The molecule has 1 heterocycles. The van der Waals surface area contributed by atoms with Crippen molar-refractivity contribution in [2.24, 2.45) is 5.92 Å². The molecule has 0 saturated heterocycles. The van der Waals surface area contributed by atoms with E-state index in [1.165, 1.54) is 0 Å². The van der Waals surface area contributed by atoms with Crippen LogP contribution in [0.5, 0.6) is 0 Å². The molecule has 4 nitrogen and oxygen atoms in total. The molecule has 0 aliphatic carbocycles. The Kier molecular flexibility index (Phi) is 4.49. The molecular formula is C10H17NO3S2. The van der Waals surface area contributed by atoms with Crippen molar-refractivity contribution in [1.82, 2.24) is 4.72 Å². The van der Waals surface area contributed by atoms with E-state index in [-0.39, 0.29) is 16.7 Å². The fourth-order valence-electron chi connectivity index (χ4n) is 1.13. The maximum atomic E-state index is 11.8. The van der Waals surface area contributed by atoms with Crippen molar-refractivity contribution in [3.8, 4) is 0 Å². The summed E-state index contributed by atoms with van der Waals surface area (Å²) in [4.78, 5) is 0.699. The van der Waals surface area contributed by atoms with Crippen LogP contribution in [0.4, 0.5) is 0 Å². The zero-order valence-corrected chi connectivity index (χ0v) is 11.3. The van der Waals surface area contributed by atoms with Gasteiger partial charge in [0.25, 0.3) is 0 Å². The quantitative estimate of drug-likeness (QED) is 0.845. The van der Waals surface area contributed by atoms with Crippen LogP contribution in [0.15, 0.2) is 10.3 Å². The van der Waals surface area contributed by atoms with Gasteiger partial charge >= 0.3 is 0 Å². The van der Waals surface area contributed by atoms with E-state index in [0.717, 1.165) is 16.9 Å². The molecule has 0 saturated carbocycles. The first kappa shape index (κ1) is 13.6. The molecule has 0 radical (unpaired) electrons. The maximum Gasteiger partial charge on any atom is 0.250 e. The Morgan fingerprint density at radius 3 is 2.56 bits per heavy atom. The van der Waals surface area contributed by atoms with Gasteiger partial charge in [-0.25, -0.2) is 13.1 Å². The number of sulfonamides is 1. The van der Waals surface area contributed by atoms with E-state index < -0.39 is 10.0 Å². The molecule has 16 heavy (non-hydrogen) atoms. The van der Waals surface area contributed by atoms with Crippen LogP contribution in [0.3, 0.4) is 0 Å². The predicted octanol–water partition coefficient (Wildman–Crippen LogP) is 1.48. The monoisotopic (exact) mass is 263 g/mol. The summed E-state index contributed by atoms with van der Waals surface area (Å²) in [6.07, 6.45) is 0. The van der Waals surface area contributed by atoms with E-state index in [2.05, 4.69) is 4.72 Å². The Bertz CT molecular complexity index is 449. The third kappa shape index (κ3) is 3.28. The Balaban J connectivity index is 2.90. The molecule has 1 aromatic rings. The SMILES string of the molecule is Cc1cc(S(=O)(=O)NCC(C)C)sc1CO. The topological polar surface area (TPSA) is 66.4 Å². The highest BCUT2D eigenvalue weighted by molar-refractivity contribution is 7.91. The van der Waals surface area contributed by atoms with E-state index in [0.29, 0.717) is 11.4 Å². The van der Waals surface area contributed by atoms with Crippen LogP contribution in [-0.2, 0) is 16.6 Å². The van der Waals surface area contributed by atoms with Gasteiger partial charge in [0.05, 0.1) is 6.61 Å². The molecule has 0 spiro atoms. The Morgan fingerprint density at radius 2 is 2.12 bits per heavy atom. The van der Waals surface area contributed by atoms with Crippen molar-refractivity contribution in [2.45, 2.75) is 31.6 Å². The summed E-state index contributed by atoms with van der Waals surface area (Å²) in [7, 11) is -3.41. The number of nitrogens with one attached hydrogen (secondary N) is 1. The standard InChI is InChI=1S/C10H17NO3S2/c1-7(2)5-11-16(13,14)10-4-8(3)9(6-12)15-10/h4,7,11-12H,5-6H2,1-3H3. The van der Waals surface area contributed by atoms with Crippen LogP contribution < -0.4 is 4.72 Å². The molecule has 0 atom stereocenters. The minimum Gasteiger partial charge on any atom is -0.391 e. The highest BCUT2D eigenvalue weighted by Gasteiger charge is 2.18. The summed E-state index contributed by atoms with van der Waals surface area (Å²) in [5.41, 5.74) is 0.817. The highest BCUT2D eigenvalue weighted by Crippen LogP contribution is 2.25. The lowest BCUT2D eigenvalue weighted by atomic mass is 10.2. The molecule has 0 aliphatic heterocycles. The van der Waals surface area contributed by atoms with Crippen LogP contribution in [-0.4, -0.2) is 20.1 Å². The van der Waals surface area contributed by atoms with Gasteiger partial charge in [0, 0.05) is 11.4 Å². The van der Waals surface area contributed by atoms with Gasteiger partial charge in [-0.15, -0.1) is 11.3 Å². The molecule has 1 rings (SSSR count). The number of aryl methyl sites for hydroxylation is 1. The van der Waals surface area contributed by atoms with Crippen LogP contribution in [0, 0.1) is 12.8 Å². The molecular weight excluding hydrogens is 246 g/mol. The van der Waals surface area contributed by atoms with Gasteiger partial charge in [-0.3, -0.25) is 0 Å². The van der Waals surface area contributed by atoms with Crippen molar-refractivity contribution in [3.63, 3.8) is 0 Å². The van der Waals surface area contributed by atoms with Gasteiger partial charge < -0.3 is 5.11 Å². The van der Waals surface area contributed by atoms with Crippen molar-refractivity contribution in [1.29, 1.82) is 0 Å². The number of thiophene rings is 1. The lowest BCUT2D eigenvalue weighted by Crippen LogP contribution is -2.26. The number of rotatable bonds is 5. The second-order valence-electron chi connectivity index (χ2n) is 4.08. The van der Waals surface area contributed by atoms with Gasteiger partial charge in [0.1, 0.15) is 4.21 Å². The lowest BCUT2D eigenvalue weighted by molar-refractivity contribution is 0.285. The Hall–Kier alpha value is -0.430. The smallest absolute Gasteiger partial charge is 0.250 e. The average Bonchev–Trinajstić information content (AvgIpc) is 2.57. The van der Waals surface area contributed by atoms with Gasteiger partial charge in [-0.05, 0) is 24.5 Å². The fourth-order valence-corrected chi connectivity index (χ4v) is 3.83. The molecule has 0 fully saturated rings.